The molecule has 0 N–H and O–H groups in total. The average Bonchev–Trinajstić information content (AvgIpc) is 2.92. The number of aldehydes is 1. The SMILES string of the molecule is CCC1=C(c2ccccc2)C1C=O. The molecule has 2 rings (SSSR count). The lowest BCUT2D eigenvalue weighted by atomic mass is 10.1. The largest absolute Gasteiger partial charge is 0.302 e. The van der Waals surface area contributed by atoms with Gasteiger partial charge in [-0.2, -0.15) is 0 Å². The van der Waals surface area contributed by atoms with Gasteiger partial charge < -0.3 is 4.79 Å². The molecule has 1 heteroatoms. The third-order valence-corrected chi connectivity index (χ3v) is 2.55. The fourth-order valence-electron chi connectivity index (χ4n) is 1.83. The summed E-state index contributed by atoms with van der Waals surface area (Å²) in [7, 11) is 0. The Morgan fingerprint density at radius 3 is 2.46 bits per heavy atom. The van der Waals surface area contributed by atoms with Gasteiger partial charge in [-0.25, -0.2) is 0 Å². The van der Waals surface area contributed by atoms with Crippen LogP contribution in [0, 0.1) is 5.92 Å². The van der Waals surface area contributed by atoms with Crippen LogP contribution in [0.5, 0.6) is 0 Å². The van der Waals surface area contributed by atoms with Crippen LogP contribution >= 0.6 is 0 Å². The minimum absolute atomic E-state index is 0.118. The lowest BCUT2D eigenvalue weighted by Gasteiger charge is -1.92. The standard InChI is InChI=1S/C12H12O/c1-2-10-11(8-13)12(10)9-6-4-3-5-7-9/h3-8,11H,2H2,1H3. The highest BCUT2D eigenvalue weighted by Crippen LogP contribution is 2.46. The number of hydrogen-bond acceptors (Lipinski definition) is 1. The van der Waals surface area contributed by atoms with Crippen LogP contribution in [0.4, 0.5) is 0 Å². The highest BCUT2D eigenvalue weighted by Gasteiger charge is 2.34. The molecule has 0 aromatic heterocycles. The Bertz CT molecular complexity index is 349. The van der Waals surface area contributed by atoms with Gasteiger partial charge in [-0.15, -0.1) is 0 Å². The Kier molecular flexibility index (Phi) is 2.01. The normalized spacial score (nSPS) is 20.2. The topological polar surface area (TPSA) is 17.1 Å². The zero-order chi connectivity index (χ0) is 9.26. The van der Waals surface area contributed by atoms with Crippen LogP contribution in [0.1, 0.15) is 18.9 Å². The zero-order valence-corrected chi connectivity index (χ0v) is 7.66. The van der Waals surface area contributed by atoms with Crippen LogP contribution < -0.4 is 0 Å². The van der Waals surface area contributed by atoms with Crippen LogP contribution in [0.2, 0.25) is 0 Å². The second kappa shape index (κ2) is 3.17. The first-order valence-corrected chi connectivity index (χ1v) is 4.62. The maximum atomic E-state index is 10.7. The molecule has 0 saturated carbocycles. The van der Waals surface area contributed by atoms with E-state index < -0.39 is 0 Å². The van der Waals surface area contributed by atoms with E-state index in [4.69, 9.17) is 0 Å². The number of benzene rings is 1. The molecule has 0 saturated heterocycles. The molecule has 0 bridgehead atoms. The van der Waals surface area contributed by atoms with Crippen molar-refractivity contribution in [3.05, 3.63) is 41.5 Å². The van der Waals surface area contributed by atoms with Crippen LogP contribution in [0.15, 0.2) is 35.9 Å². The molecule has 66 valence electrons. The zero-order valence-electron chi connectivity index (χ0n) is 7.66. The van der Waals surface area contributed by atoms with E-state index in [0.29, 0.717) is 0 Å². The van der Waals surface area contributed by atoms with Gasteiger partial charge in [0.15, 0.2) is 0 Å². The average molecular weight is 172 g/mol. The van der Waals surface area contributed by atoms with Crippen LogP contribution in [-0.2, 0) is 4.79 Å². The second-order valence-corrected chi connectivity index (χ2v) is 3.27. The Balaban J connectivity index is 2.29. The summed E-state index contributed by atoms with van der Waals surface area (Å²) in [6.45, 7) is 2.10. The van der Waals surface area contributed by atoms with Crippen molar-refractivity contribution >= 4 is 11.9 Å². The minimum atomic E-state index is 0.118. The van der Waals surface area contributed by atoms with E-state index in [1.807, 2.05) is 18.2 Å². The second-order valence-electron chi connectivity index (χ2n) is 3.27. The third-order valence-electron chi connectivity index (χ3n) is 2.55. The van der Waals surface area contributed by atoms with Gasteiger partial charge in [-0.3, -0.25) is 0 Å². The summed E-state index contributed by atoms with van der Waals surface area (Å²) in [6.07, 6.45) is 2.04. The first-order valence-electron chi connectivity index (χ1n) is 4.62. The van der Waals surface area contributed by atoms with Gasteiger partial charge in [-0.05, 0) is 17.6 Å². The summed E-state index contributed by atoms with van der Waals surface area (Å²) in [5.41, 5.74) is 3.76. The highest BCUT2D eigenvalue weighted by atomic mass is 16.1. The van der Waals surface area contributed by atoms with E-state index >= 15 is 0 Å². The van der Waals surface area contributed by atoms with E-state index in [1.54, 1.807) is 0 Å². The van der Waals surface area contributed by atoms with E-state index in [1.165, 1.54) is 16.7 Å². The van der Waals surface area contributed by atoms with Crippen molar-refractivity contribution in [2.24, 2.45) is 5.92 Å². The molecule has 0 heterocycles. The van der Waals surface area contributed by atoms with Gasteiger partial charge in [-0.1, -0.05) is 42.8 Å². The van der Waals surface area contributed by atoms with Gasteiger partial charge in [0.05, 0.1) is 5.92 Å². The van der Waals surface area contributed by atoms with Gasteiger partial charge in [0, 0.05) is 0 Å². The molecule has 0 amide bonds. The summed E-state index contributed by atoms with van der Waals surface area (Å²) >= 11 is 0. The number of carbonyl (C=O) groups excluding carboxylic acids is 1. The number of allylic oxidation sites excluding steroid dienone is 2. The molecule has 1 atom stereocenters. The summed E-state index contributed by atoms with van der Waals surface area (Å²) in [5, 5.41) is 0. The lowest BCUT2D eigenvalue weighted by molar-refractivity contribution is -0.108. The maximum Gasteiger partial charge on any atom is 0.131 e. The highest BCUT2D eigenvalue weighted by molar-refractivity contribution is 5.98. The Morgan fingerprint density at radius 1 is 1.31 bits per heavy atom. The van der Waals surface area contributed by atoms with Crippen molar-refractivity contribution in [2.75, 3.05) is 0 Å². The van der Waals surface area contributed by atoms with Crippen LogP contribution in [-0.4, -0.2) is 6.29 Å². The van der Waals surface area contributed by atoms with E-state index in [-0.39, 0.29) is 5.92 Å². The molecule has 1 nitrogen and oxygen atoms in total. The molecule has 1 aromatic carbocycles. The maximum absolute atomic E-state index is 10.7. The molecule has 1 unspecified atom stereocenters. The van der Waals surface area contributed by atoms with Crippen molar-refractivity contribution in [3.8, 4) is 0 Å². The molecule has 0 aliphatic heterocycles. The van der Waals surface area contributed by atoms with Crippen molar-refractivity contribution < 1.29 is 4.79 Å². The Hall–Kier alpha value is -1.37. The molecular weight excluding hydrogens is 160 g/mol. The summed E-state index contributed by atoms with van der Waals surface area (Å²) in [4.78, 5) is 10.7. The predicted octanol–water partition coefficient (Wildman–Crippen LogP) is 2.68. The Labute approximate surface area is 78.1 Å². The molecule has 1 aromatic rings. The summed E-state index contributed by atoms with van der Waals surface area (Å²) in [6, 6.07) is 10.1. The lowest BCUT2D eigenvalue weighted by Crippen LogP contribution is -1.83. The first kappa shape index (κ1) is 8.24. The number of rotatable bonds is 3. The number of carbonyl (C=O) groups is 1. The van der Waals surface area contributed by atoms with Crippen molar-refractivity contribution in [2.45, 2.75) is 13.3 Å². The minimum Gasteiger partial charge on any atom is -0.302 e. The molecule has 1 aliphatic carbocycles. The summed E-state index contributed by atoms with van der Waals surface area (Å²) in [5.74, 6) is 0.118. The quantitative estimate of drug-likeness (QED) is 0.640. The molecule has 1 aliphatic rings. The first-order chi connectivity index (χ1) is 6.38. The van der Waals surface area contributed by atoms with Crippen LogP contribution in [0.25, 0.3) is 5.57 Å². The molecule has 0 spiro atoms. The van der Waals surface area contributed by atoms with Gasteiger partial charge in [0.1, 0.15) is 6.29 Å². The van der Waals surface area contributed by atoms with Crippen LogP contribution in [0.3, 0.4) is 0 Å². The van der Waals surface area contributed by atoms with Gasteiger partial charge >= 0.3 is 0 Å². The Morgan fingerprint density at radius 2 is 2.00 bits per heavy atom. The monoisotopic (exact) mass is 172 g/mol. The van der Waals surface area contributed by atoms with E-state index in [9.17, 15) is 4.79 Å². The number of hydrogen-bond donors (Lipinski definition) is 0. The molecular formula is C12H12O. The fourth-order valence-corrected chi connectivity index (χ4v) is 1.83. The molecule has 13 heavy (non-hydrogen) atoms. The van der Waals surface area contributed by atoms with Crippen molar-refractivity contribution in [1.29, 1.82) is 0 Å². The fraction of sp³-hybridized carbons (Fsp3) is 0.250. The summed E-state index contributed by atoms with van der Waals surface area (Å²) < 4.78 is 0. The van der Waals surface area contributed by atoms with E-state index in [0.717, 1.165) is 12.7 Å². The van der Waals surface area contributed by atoms with Gasteiger partial charge in [0.25, 0.3) is 0 Å². The van der Waals surface area contributed by atoms with Crippen molar-refractivity contribution in [3.63, 3.8) is 0 Å². The molecule has 0 fully saturated rings. The third kappa shape index (κ3) is 1.31. The van der Waals surface area contributed by atoms with E-state index in [2.05, 4.69) is 19.1 Å². The molecule has 0 radical (unpaired) electrons. The predicted molar refractivity (Wildman–Crippen MR) is 53.2 cm³/mol. The van der Waals surface area contributed by atoms with Crippen molar-refractivity contribution in [1.82, 2.24) is 0 Å². The van der Waals surface area contributed by atoms with Gasteiger partial charge in [0.2, 0.25) is 0 Å². The smallest absolute Gasteiger partial charge is 0.131 e.